The van der Waals surface area contributed by atoms with Crippen molar-refractivity contribution in [2.24, 2.45) is 11.7 Å². The van der Waals surface area contributed by atoms with Crippen LogP contribution in [0.4, 0.5) is 0 Å². The van der Waals surface area contributed by atoms with Crippen LogP contribution < -0.4 is 5.73 Å². The van der Waals surface area contributed by atoms with Gasteiger partial charge in [-0.05, 0) is 49.0 Å². The molecule has 122 valence electrons. The molecule has 1 aromatic heterocycles. The van der Waals surface area contributed by atoms with Crippen LogP contribution in [0.2, 0.25) is 0 Å². The lowest BCUT2D eigenvalue weighted by Crippen LogP contribution is -2.35. The second-order valence-electron chi connectivity index (χ2n) is 6.59. The molecule has 2 aromatic rings. The lowest BCUT2D eigenvalue weighted by molar-refractivity contribution is -0.131. The highest BCUT2D eigenvalue weighted by atomic mass is 16.4. The second-order valence-corrected chi connectivity index (χ2v) is 6.59. The van der Waals surface area contributed by atoms with E-state index in [0.717, 1.165) is 47.8 Å². The van der Waals surface area contributed by atoms with Gasteiger partial charge in [-0.15, -0.1) is 0 Å². The number of carbonyl (C=O) groups is 1. The predicted octanol–water partition coefficient (Wildman–Crippen LogP) is 3.41. The number of H-pyrrole nitrogens is 1. The Balaban J connectivity index is 1.87. The first kappa shape index (κ1) is 15.7. The van der Waals surface area contributed by atoms with E-state index in [1.54, 1.807) is 6.08 Å². The molecule has 0 aliphatic heterocycles. The maximum Gasteiger partial charge on any atom is 0.328 e. The topological polar surface area (TPSA) is 92.0 Å². The number of carboxylic acid groups (broad SMARTS) is 1. The number of nitrogens with one attached hydrogen (secondary N) is 1. The molecule has 1 heterocycles. The molecule has 0 bridgehead atoms. The fourth-order valence-electron chi connectivity index (χ4n) is 3.58. The van der Waals surface area contributed by atoms with E-state index < -0.39 is 5.97 Å². The number of benzene rings is 1. The van der Waals surface area contributed by atoms with Gasteiger partial charge in [0.15, 0.2) is 0 Å². The molecular formula is C18H23N3O2. The Labute approximate surface area is 135 Å². The van der Waals surface area contributed by atoms with Crippen LogP contribution in [0.15, 0.2) is 24.3 Å². The fraction of sp³-hybridized carbons (Fsp3) is 0.444. The maximum absolute atomic E-state index is 10.6. The molecule has 3 rings (SSSR count). The quantitative estimate of drug-likeness (QED) is 0.738. The van der Waals surface area contributed by atoms with E-state index in [1.165, 1.54) is 12.8 Å². The molecule has 1 aliphatic rings. The van der Waals surface area contributed by atoms with Crippen LogP contribution >= 0.6 is 0 Å². The Bertz CT molecular complexity index is 750. The van der Waals surface area contributed by atoms with Gasteiger partial charge in [-0.2, -0.15) is 0 Å². The van der Waals surface area contributed by atoms with Crippen molar-refractivity contribution in [2.45, 2.75) is 44.6 Å². The predicted molar refractivity (Wildman–Crippen MR) is 90.9 cm³/mol. The molecule has 0 amide bonds. The van der Waals surface area contributed by atoms with Crippen LogP contribution in [0.3, 0.4) is 0 Å². The van der Waals surface area contributed by atoms with E-state index in [9.17, 15) is 4.79 Å². The third-order valence-electron chi connectivity index (χ3n) is 4.74. The Morgan fingerprint density at radius 3 is 3.13 bits per heavy atom. The number of aliphatic carboxylic acids is 1. The Kier molecular flexibility index (Phi) is 4.22. The van der Waals surface area contributed by atoms with Crippen LogP contribution in [-0.2, 0) is 10.3 Å². The summed E-state index contributed by atoms with van der Waals surface area (Å²) >= 11 is 0. The molecule has 2 unspecified atom stereocenters. The number of hydrogen-bond donors (Lipinski definition) is 3. The molecule has 1 saturated carbocycles. The van der Waals surface area contributed by atoms with Gasteiger partial charge >= 0.3 is 5.97 Å². The molecule has 1 aliphatic carbocycles. The summed E-state index contributed by atoms with van der Waals surface area (Å²) in [7, 11) is 0. The maximum atomic E-state index is 10.6. The highest BCUT2D eigenvalue weighted by molar-refractivity contribution is 5.86. The largest absolute Gasteiger partial charge is 0.478 e. The minimum absolute atomic E-state index is 0.365. The van der Waals surface area contributed by atoms with Crippen molar-refractivity contribution in [3.8, 4) is 0 Å². The summed E-state index contributed by atoms with van der Waals surface area (Å²) in [5, 5.41) is 8.71. The lowest BCUT2D eigenvalue weighted by atomic mass is 9.94. The average molecular weight is 313 g/mol. The number of hydrogen-bond acceptors (Lipinski definition) is 3. The monoisotopic (exact) mass is 313 g/mol. The summed E-state index contributed by atoms with van der Waals surface area (Å²) in [6.45, 7) is 2.21. The third-order valence-corrected chi connectivity index (χ3v) is 4.74. The number of imidazole rings is 1. The van der Waals surface area contributed by atoms with E-state index in [4.69, 9.17) is 10.8 Å². The lowest BCUT2D eigenvalue weighted by Gasteiger charge is -2.21. The third kappa shape index (κ3) is 3.29. The summed E-state index contributed by atoms with van der Waals surface area (Å²) in [6, 6.07) is 5.68. The van der Waals surface area contributed by atoms with E-state index in [-0.39, 0.29) is 5.54 Å². The van der Waals surface area contributed by atoms with Gasteiger partial charge in [0.1, 0.15) is 5.82 Å². The van der Waals surface area contributed by atoms with Crippen molar-refractivity contribution in [3.63, 3.8) is 0 Å². The van der Waals surface area contributed by atoms with Gasteiger partial charge in [-0.3, -0.25) is 0 Å². The molecule has 0 radical (unpaired) electrons. The van der Waals surface area contributed by atoms with Gasteiger partial charge in [0, 0.05) is 6.08 Å². The molecule has 1 aromatic carbocycles. The summed E-state index contributed by atoms with van der Waals surface area (Å²) < 4.78 is 0. The van der Waals surface area contributed by atoms with Crippen LogP contribution in [-0.4, -0.2) is 21.0 Å². The highest BCUT2D eigenvalue weighted by Gasteiger charge is 2.39. The van der Waals surface area contributed by atoms with Crippen molar-refractivity contribution in [1.82, 2.24) is 9.97 Å². The first-order valence-electron chi connectivity index (χ1n) is 8.20. The molecule has 5 heteroatoms. The molecule has 5 nitrogen and oxygen atoms in total. The normalized spacial score (nSPS) is 24.7. The van der Waals surface area contributed by atoms with E-state index in [1.807, 2.05) is 18.2 Å². The number of fused-ring (bicyclic) bond motifs is 1. The summed E-state index contributed by atoms with van der Waals surface area (Å²) in [5.41, 5.74) is 8.85. The number of nitrogens with zero attached hydrogens (tertiary/aromatic N) is 1. The summed E-state index contributed by atoms with van der Waals surface area (Å²) in [6.07, 6.45) is 8.23. The van der Waals surface area contributed by atoms with Gasteiger partial charge in [0.05, 0.1) is 16.6 Å². The van der Waals surface area contributed by atoms with Gasteiger partial charge in [-0.25, -0.2) is 9.78 Å². The molecule has 2 atom stereocenters. The molecular weight excluding hydrogens is 290 g/mol. The number of carboxylic acids is 1. The molecule has 1 fully saturated rings. The minimum Gasteiger partial charge on any atom is -0.478 e. The van der Waals surface area contributed by atoms with Crippen molar-refractivity contribution in [3.05, 3.63) is 35.7 Å². The van der Waals surface area contributed by atoms with Crippen LogP contribution in [0.5, 0.6) is 0 Å². The number of aromatic amines is 1. The number of rotatable bonds is 5. The van der Waals surface area contributed by atoms with Crippen molar-refractivity contribution in [1.29, 1.82) is 0 Å². The average Bonchev–Trinajstić information content (AvgIpc) is 3.10. The first-order valence-corrected chi connectivity index (χ1v) is 8.20. The van der Waals surface area contributed by atoms with Crippen molar-refractivity contribution >= 4 is 23.1 Å². The smallest absolute Gasteiger partial charge is 0.328 e. The van der Waals surface area contributed by atoms with Crippen LogP contribution in [0.1, 0.15) is 50.4 Å². The first-order chi connectivity index (χ1) is 11.0. The molecule has 23 heavy (non-hydrogen) atoms. The zero-order valence-corrected chi connectivity index (χ0v) is 13.4. The standard InChI is InChI=1S/C18H23N3O2/c1-2-3-13-8-9-18(19,11-13)17-20-14-6-4-12(5-7-16(22)23)10-15(14)21-17/h4-7,10,13H,2-3,8-9,11,19H2,1H3,(H,20,21)(H,22,23)/b7-5+. The van der Waals surface area contributed by atoms with E-state index in [2.05, 4.69) is 16.9 Å². The van der Waals surface area contributed by atoms with Gasteiger partial charge < -0.3 is 15.8 Å². The summed E-state index contributed by atoms with van der Waals surface area (Å²) in [5.74, 6) is 0.585. The van der Waals surface area contributed by atoms with Gasteiger partial charge in [-0.1, -0.05) is 25.8 Å². The Morgan fingerprint density at radius 1 is 1.57 bits per heavy atom. The van der Waals surface area contributed by atoms with Crippen molar-refractivity contribution < 1.29 is 9.90 Å². The number of aromatic nitrogens is 2. The zero-order chi connectivity index (χ0) is 16.4. The Morgan fingerprint density at radius 2 is 2.39 bits per heavy atom. The van der Waals surface area contributed by atoms with Crippen LogP contribution in [0.25, 0.3) is 17.1 Å². The van der Waals surface area contributed by atoms with Gasteiger partial charge in [0.2, 0.25) is 0 Å². The zero-order valence-electron chi connectivity index (χ0n) is 13.4. The SMILES string of the molecule is CCCC1CCC(N)(c2nc3ccc(/C=C/C(=O)O)cc3[nH]2)C1. The molecule has 0 saturated heterocycles. The van der Waals surface area contributed by atoms with E-state index in [0.29, 0.717) is 5.92 Å². The number of nitrogens with two attached hydrogens (primary N) is 1. The minimum atomic E-state index is -0.954. The highest BCUT2D eigenvalue weighted by Crippen LogP contribution is 2.41. The van der Waals surface area contributed by atoms with Crippen LogP contribution in [0, 0.1) is 5.92 Å². The summed E-state index contributed by atoms with van der Waals surface area (Å²) in [4.78, 5) is 18.6. The Hall–Kier alpha value is -2.14. The van der Waals surface area contributed by atoms with Gasteiger partial charge in [0.25, 0.3) is 0 Å². The fourth-order valence-corrected chi connectivity index (χ4v) is 3.58. The second kappa shape index (κ2) is 6.16. The molecule has 4 N–H and O–H groups in total. The van der Waals surface area contributed by atoms with E-state index >= 15 is 0 Å². The van der Waals surface area contributed by atoms with Crippen molar-refractivity contribution in [2.75, 3.05) is 0 Å². The molecule has 0 spiro atoms.